The van der Waals surface area contributed by atoms with Gasteiger partial charge in [-0.2, -0.15) is 0 Å². The maximum atomic E-state index is 11.0. The highest BCUT2D eigenvalue weighted by Gasteiger charge is 2.15. The van der Waals surface area contributed by atoms with Crippen molar-refractivity contribution in [2.75, 3.05) is 7.11 Å². The lowest BCUT2D eigenvalue weighted by Crippen LogP contribution is -2.12. The molecule has 0 N–H and O–H groups in total. The van der Waals surface area contributed by atoms with Crippen molar-refractivity contribution in [1.82, 2.24) is 0 Å². The Bertz CT molecular complexity index is 231. The molecule has 66 valence electrons. The SMILES string of the molecule is COC(=O)C(C)CC1=CCC=N1. The molecule has 0 aromatic heterocycles. The van der Waals surface area contributed by atoms with E-state index in [0.717, 1.165) is 12.1 Å². The van der Waals surface area contributed by atoms with Gasteiger partial charge in [0.2, 0.25) is 0 Å². The number of ether oxygens (including phenoxy) is 1. The molecule has 3 heteroatoms. The predicted octanol–water partition coefficient (Wildman–Crippen LogP) is 1.54. The minimum absolute atomic E-state index is 0.0866. The molecule has 0 saturated carbocycles. The summed E-state index contributed by atoms with van der Waals surface area (Å²) in [7, 11) is 1.41. The van der Waals surface area contributed by atoms with E-state index in [1.807, 2.05) is 19.2 Å². The molecule has 12 heavy (non-hydrogen) atoms. The number of allylic oxidation sites excluding steroid dienone is 2. The summed E-state index contributed by atoms with van der Waals surface area (Å²) in [6, 6.07) is 0. The van der Waals surface area contributed by atoms with E-state index in [0.29, 0.717) is 6.42 Å². The second-order valence-corrected chi connectivity index (χ2v) is 2.87. The zero-order chi connectivity index (χ0) is 8.97. The van der Waals surface area contributed by atoms with Crippen LogP contribution in [0.2, 0.25) is 0 Å². The van der Waals surface area contributed by atoms with Crippen LogP contribution in [0.4, 0.5) is 0 Å². The fourth-order valence-electron chi connectivity index (χ4n) is 1.15. The zero-order valence-electron chi connectivity index (χ0n) is 7.41. The molecule has 0 aromatic rings. The van der Waals surface area contributed by atoms with Crippen LogP contribution in [-0.2, 0) is 9.53 Å². The van der Waals surface area contributed by atoms with E-state index in [1.54, 1.807) is 0 Å². The Balaban J connectivity index is 2.40. The third kappa shape index (κ3) is 2.19. The highest BCUT2D eigenvalue weighted by molar-refractivity contribution is 5.72. The van der Waals surface area contributed by atoms with Gasteiger partial charge in [-0.15, -0.1) is 0 Å². The molecule has 0 fully saturated rings. The average Bonchev–Trinajstić information content (AvgIpc) is 2.55. The minimum atomic E-state index is -0.169. The van der Waals surface area contributed by atoms with Gasteiger partial charge in [0.15, 0.2) is 0 Å². The summed E-state index contributed by atoms with van der Waals surface area (Å²) in [5, 5.41) is 0. The number of hydrogen-bond donors (Lipinski definition) is 0. The average molecular weight is 167 g/mol. The molecular formula is C9H13NO2. The van der Waals surface area contributed by atoms with Crippen molar-refractivity contribution in [2.24, 2.45) is 10.9 Å². The second-order valence-electron chi connectivity index (χ2n) is 2.87. The Morgan fingerprint density at radius 3 is 3.08 bits per heavy atom. The summed E-state index contributed by atoms with van der Waals surface area (Å²) < 4.78 is 4.60. The largest absolute Gasteiger partial charge is 0.469 e. The molecule has 1 atom stereocenters. The number of nitrogens with zero attached hydrogens (tertiary/aromatic N) is 1. The first-order valence-electron chi connectivity index (χ1n) is 4.03. The summed E-state index contributed by atoms with van der Waals surface area (Å²) >= 11 is 0. The molecule has 3 nitrogen and oxygen atoms in total. The lowest BCUT2D eigenvalue weighted by Gasteiger charge is -2.07. The molecule has 0 bridgehead atoms. The van der Waals surface area contributed by atoms with Gasteiger partial charge in [-0.1, -0.05) is 13.0 Å². The lowest BCUT2D eigenvalue weighted by atomic mass is 10.1. The third-order valence-electron chi connectivity index (χ3n) is 1.83. The van der Waals surface area contributed by atoms with E-state index in [1.165, 1.54) is 7.11 Å². The van der Waals surface area contributed by atoms with Gasteiger partial charge >= 0.3 is 5.97 Å². The van der Waals surface area contributed by atoms with Crippen molar-refractivity contribution in [3.8, 4) is 0 Å². The number of esters is 1. The fourth-order valence-corrected chi connectivity index (χ4v) is 1.15. The maximum absolute atomic E-state index is 11.0. The van der Waals surface area contributed by atoms with Gasteiger partial charge in [0.05, 0.1) is 13.0 Å². The molecule has 1 heterocycles. The van der Waals surface area contributed by atoms with Gasteiger partial charge in [0, 0.05) is 24.8 Å². The molecule has 0 amide bonds. The van der Waals surface area contributed by atoms with E-state index in [-0.39, 0.29) is 11.9 Å². The van der Waals surface area contributed by atoms with Crippen LogP contribution >= 0.6 is 0 Å². The van der Waals surface area contributed by atoms with Crippen molar-refractivity contribution in [3.63, 3.8) is 0 Å². The Kier molecular flexibility index (Phi) is 3.02. The van der Waals surface area contributed by atoms with Crippen molar-refractivity contribution in [3.05, 3.63) is 11.8 Å². The molecule has 1 unspecified atom stereocenters. The molecular weight excluding hydrogens is 154 g/mol. The van der Waals surface area contributed by atoms with Crippen LogP contribution in [-0.4, -0.2) is 19.3 Å². The van der Waals surface area contributed by atoms with E-state index >= 15 is 0 Å². The maximum Gasteiger partial charge on any atom is 0.308 e. The van der Waals surface area contributed by atoms with E-state index in [9.17, 15) is 4.79 Å². The van der Waals surface area contributed by atoms with Crippen LogP contribution in [0.15, 0.2) is 16.8 Å². The quantitative estimate of drug-likeness (QED) is 0.598. The predicted molar refractivity (Wildman–Crippen MR) is 47.0 cm³/mol. The van der Waals surface area contributed by atoms with Crippen molar-refractivity contribution in [1.29, 1.82) is 0 Å². The normalized spacial score (nSPS) is 17.3. The second kappa shape index (κ2) is 4.04. The molecule has 0 aliphatic carbocycles. The van der Waals surface area contributed by atoms with Gasteiger partial charge in [0.1, 0.15) is 0 Å². The number of aliphatic imine (C=N–C) groups is 1. The first kappa shape index (κ1) is 8.97. The summed E-state index contributed by atoms with van der Waals surface area (Å²) in [5.41, 5.74) is 0.993. The van der Waals surface area contributed by atoms with Crippen LogP contribution in [0, 0.1) is 5.92 Å². The molecule has 1 aliphatic rings. The molecule has 0 radical (unpaired) electrons. The van der Waals surface area contributed by atoms with Gasteiger partial charge in [-0.25, -0.2) is 0 Å². The standard InChI is InChI=1S/C9H13NO2/c1-7(9(11)12-2)6-8-4-3-5-10-8/h4-5,7H,3,6H2,1-2H3. The highest BCUT2D eigenvalue weighted by Crippen LogP contribution is 2.16. The number of carbonyl (C=O) groups is 1. The van der Waals surface area contributed by atoms with Crippen LogP contribution in [0.5, 0.6) is 0 Å². The third-order valence-corrected chi connectivity index (χ3v) is 1.83. The smallest absolute Gasteiger partial charge is 0.308 e. The van der Waals surface area contributed by atoms with Crippen molar-refractivity contribution in [2.45, 2.75) is 19.8 Å². The Morgan fingerprint density at radius 1 is 1.83 bits per heavy atom. The van der Waals surface area contributed by atoms with Crippen LogP contribution in [0.25, 0.3) is 0 Å². The van der Waals surface area contributed by atoms with E-state index in [4.69, 9.17) is 0 Å². The van der Waals surface area contributed by atoms with Crippen LogP contribution in [0.3, 0.4) is 0 Å². The summed E-state index contributed by atoms with van der Waals surface area (Å²) in [6.45, 7) is 1.85. The Labute approximate surface area is 72.1 Å². The first-order valence-corrected chi connectivity index (χ1v) is 4.03. The fraction of sp³-hybridized carbons (Fsp3) is 0.556. The zero-order valence-corrected chi connectivity index (χ0v) is 7.41. The number of carbonyl (C=O) groups excluding carboxylic acids is 1. The molecule has 1 aliphatic heterocycles. The van der Waals surface area contributed by atoms with Crippen molar-refractivity contribution >= 4 is 12.2 Å². The minimum Gasteiger partial charge on any atom is -0.469 e. The van der Waals surface area contributed by atoms with E-state index < -0.39 is 0 Å². The summed E-state index contributed by atoms with van der Waals surface area (Å²) in [5.74, 6) is -0.255. The number of methoxy groups -OCH3 is 1. The summed E-state index contributed by atoms with van der Waals surface area (Å²) in [4.78, 5) is 15.1. The number of hydrogen-bond acceptors (Lipinski definition) is 3. The van der Waals surface area contributed by atoms with Gasteiger partial charge < -0.3 is 4.74 Å². The van der Waals surface area contributed by atoms with E-state index in [2.05, 4.69) is 9.73 Å². The topological polar surface area (TPSA) is 38.7 Å². The van der Waals surface area contributed by atoms with Gasteiger partial charge in [-0.05, 0) is 0 Å². The molecule has 1 rings (SSSR count). The Morgan fingerprint density at radius 2 is 2.58 bits per heavy atom. The van der Waals surface area contributed by atoms with Gasteiger partial charge in [-0.3, -0.25) is 9.79 Å². The Hall–Kier alpha value is -1.12. The lowest BCUT2D eigenvalue weighted by molar-refractivity contribution is -0.144. The first-order chi connectivity index (χ1) is 5.74. The molecule has 0 aromatic carbocycles. The molecule has 0 spiro atoms. The number of rotatable bonds is 3. The monoisotopic (exact) mass is 167 g/mol. The van der Waals surface area contributed by atoms with Gasteiger partial charge in [0.25, 0.3) is 0 Å². The van der Waals surface area contributed by atoms with Crippen molar-refractivity contribution < 1.29 is 9.53 Å². The summed E-state index contributed by atoms with van der Waals surface area (Å²) in [6.07, 6.45) is 5.45. The highest BCUT2D eigenvalue weighted by atomic mass is 16.5. The molecule has 0 saturated heterocycles. The van der Waals surface area contributed by atoms with Crippen LogP contribution < -0.4 is 0 Å². The van der Waals surface area contributed by atoms with Crippen LogP contribution in [0.1, 0.15) is 19.8 Å².